The standard InChI is InChI=1S/C35H38N2O2/c1-36(2)30-18-10-26(11-19-30)34(28-14-22-32(38-5)23-15-28)8-7-9-35(29-16-24-33(39-6)25-17-29)27-12-20-31(21-13-27)37(3)4/h8-25H,7H2,1-6H3. The molecule has 0 bridgehead atoms. The lowest BCUT2D eigenvalue weighted by Crippen LogP contribution is -2.08. The van der Waals surface area contributed by atoms with Gasteiger partial charge in [-0.25, -0.2) is 0 Å². The number of allylic oxidation sites excluding steroid dienone is 2. The minimum absolute atomic E-state index is 0.771. The SMILES string of the molecule is COc1ccc(C(=CCC=C(c2ccc(OC)cc2)c2ccc(N(C)C)cc2)c2ccc(N(C)C)cc2)cc1. The van der Waals surface area contributed by atoms with Crippen molar-refractivity contribution in [3.8, 4) is 11.5 Å². The van der Waals surface area contributed by atoms with E-state index in [-0.39, 0.29) is 0 Å². The number of ether oxygens (including phenoxy) is 2. The predicted octanol–water partition coefficient (Wildman–Crippen LogP) is 7.79. The lowest BCUT2D eigenvalue weighted by molar-refractivity contribution is 0.414. The van der Waals surface area contributed by atoms with Crippen LogP contribution in [-0.4, -0.2) is 42.4 Å². The molecule has 200 valence electrons. The molecule has 4 heteroatoms. The molecule has 4 aromatic carbocycles. The van der Waals surface area contributed by atoms with Crippen molar-refractivity contribution >= 4 is 22.5 Å². The predicted molar refractivity (Wildman–Crippen MR) is 166 cm³/mol. The monoisotopic (exact) mass is 518 g/mol. The minimum atomic E-state index is 0.771. The highest BCUT2D eigenvalue weighted by Crippen LogP contribution is 2.30. The molecule has 0 spiro atoms. The van der Waals surface area contributed by atoms with Gasteiger partial charge < -0.3 is 19.3 Å². The van der Waals surface area contributed by atoms with Crippen molar-refractivity contribution in [2.75, 3.05) is 52.2 Å². The van der Waals surface area contributed by atoms with E-state index >= 15 is 0 Å². The summed E-state index contributed by atoms with van der Waals surface area (Å²) in [5.41, 5.74) is 9.41. The van der Waals surface area contributed by atoms with Crippen molar-refractivity contribution in [2.45, 2.75) is 6.42 Å². The minimum Gasteiger partial charge on any atom is -0.497 e. The van der Waals surface area contributed by atoms with Crippen molar-refractivity contribution < 1.29 is 9.47 Å². The van der Waals surface area contributed by atoms with Crippen LogP contribution in [0.1, 0.15) is 28.7 Å². The molecule has 4 rings (SSSR count). The number of nitrogens with zero attached hydrogens (tertiary/aromatic N) is 2. The summed E-state index contributed by atoms with van der Waals surface area (Å²) >= 11 is 0. The molecule has 0 atom stereocenters. The summed E-state index contributed by atoms with van der Waals surface area (Å²) in [5.74, 6) is 1.70. The topological polar surface area (TPSA) is 24.9 Å². The number of methoxy groups -OCH3 is 2. The Morgan fingerprint density at radius 2 is 0.769 bits per heavy atom. The second-order valence-electron chi connectivity index (χ2n) is 9.81. The van der Waals surface area contributed by atoms with Crippen molar-refractivity contribution in [3.63, 3.8) is 0 Å². The van der Waals surface area contributed by atoms with Gasteiger partial charge in [-0.3, -0.25) is 0 Å². The van der Waals surface area contributed by atoms with Crippen LogP contribution in [-0.2, 0) is 0 Å². The molecule has 0 fully saturated rings. The van der Waals surface area contributed by atoms with E-state index in [1.165, 1.54) is 33.6 Å². The van der Waals surface area contributed by atoms with Gasteiger partial charge in [0.05, 0.1) is 14.2 Å². The molecular formula is C35H38N2O2. The summed E-state index contributed by atoms with van der Waals surface area (Å²) in [6.07, 6.45) is 5.39. The van der Waals surface area contributed by atoms with Crippen LogP contribution in [0.2, 0.25) is 0 Å². The van der Waals surface area contributed by atoms with E-state index in [1.807, 2.05) is 24.3 Å². The lowest BCUT2D eigenvalue weighted by atomic mass is 9.94. The van der Waals surface area contributed by atoms with E-state index in [9.17, 15) is 0 Å². The van der Waals surface area contributed by atoms with E-state index in [0.717, 1.165) is 29.0 Å². The van der Waals surface area contributed by atoms with Gasteiger partial charge in [-0.05, 0) is 88.4 Å². The number of benzene rings is 4. The number of hydrogen-bond acceptors (Lipinski definition) is 4. The van der Waals surface area contributed by atoms with E-state index in [0.29, 0.717) is 0 Å². The quantitative estimate of drug-likeness (QED) is 0.214. The Morgan fingerprint density at radius 1 is 0.487 bits per heavy atom. The van der Waals surface area contributed by atoms with Crippen LogP contribution in [0.3, 0.4) is 0 Å². The van der Waals surface area contributed by atoms with Crippen LogP contribution < -0.4 is 19.3 Å². The first kappa shape index (κ1) is 27.6. The summed E-state index contributed by atoms with van der Waals surface area (Å²) in [6.45, 7) is 0. The molecule has 4 nitrogen and oxygen atoms in total. The highest BCUT2D eigenvalue weighted by atomic mass is 16.5. The van der Waals surface area contributed by atoms with Crippen molar-refractivity contribution in [1.82, 2.24) is 0 Å². The Labute approximate surface area is 233 Å². The van der Waals surface area contributed by atoms with Crippen LogP contribution in [0.15, 0.2) is 109 Å². The molecule has 39 heavy (non-hydrogen) atoms. The Hall–Kier alpha value is -4.44. The average molecular weight is 519 g/mol. The van der Waals surface area contributed by atoms with Crippen LogP contribution in [0.25, 0.3) is 11.1 Å². The smallest absolute Gasteiger partial charge is 0.118 e. The second kappa shape index (κ2) is 12.9. The Kier molecular flexibility index (Phi) is 9.11. The van der Waals surface area contributed by atoms with Crippen LogP contribution >= 0.6 is 0 Å². The summed E-state index contributed by atoms with van der Waals surface area (Å²) < 4.78 is 10.8. The second-order valence-corrected chi connectivity index (χ2v) is 9.81. The normalized spacial score (nSPS) is 11.7. The lowest BCUT2D eigenvalue weighted by Gasteiger charge is -2.15. The Balaban J connectivity index is 1.75. The maximum atomic E-state index is 5.40. The zero-order valence-electron chi connectivity index (χ0n) is 23.8. The van der Waals surface area contributed by atoms with Gasteiger partial charge in [-0.1, -0.05) is 60.7 Å². The van der Waals surface area contributed by atoms with Gasteiger partial charge in [-0.15, -0.1) is 0 Å². The zero-order chi connectivity index (χ0) is 27.8. The fourth-order valence-corrected chi connectivity index (χ4v) is 4.52. The summed E-state index contributed by atoms with van der Waals surface area (Å²) in [7, 11) is 11.6. The van der Waals surface area contributed by atoms with Crippen molar-refractivity contribution in [1.29, 1.82) is 0 Å². The first-order valence-corrected chi connectivity index (χ1v) is 13.1. The van der Waals surface area contributed by atoms with E-state index in [4.69, 9.17) is 9.47 Å². The molecule has 0 radical (unpaired) electrons. The third-order valence-electron chi connectivity index (χ3n) is 6.84. The van der Waals surface area contributed by atoms with E-state index in [2.05, 4.69) is 123 Å². The highest BCUT2D eigenvalue weighted by Gasteiger charge is 2.09. The van der Waals surface area contributed by atoms with E-state index in [1.54, 1.807) is 14.2 Å². The molecular weight excluding hydrogens is 480 g/mol. The first-order chi connectivity index (χ1) is 18.9. The van der Waals surface area contributed by atoms with Gasteiger partial charge in [0.2, 0.25) is 0 Å². The molecule has 4 aromatic rings. The van der Waals surface area contributed by atoms with Crippen molar-refractivity contribution in [3.05, 3.63) is 131 Å². The van der Waals surface area contributed by atoms with Crippen molar-refractivity contribution in [2.24, 2.45) is 0 Å². The first-order valence-electron chi connectivity index (χ1n) is 13.1. The van der Waals surface area contributed by atoms with Crippen LogP contribution in [0.4, 0.5) is 11.4 Å². The maximum Gasteiger partial charge on any atom is 0.118 e. The Morgan fingerprint density at radius 3 is 1.03 bits per heavy atom. The summed E-state index contributed by atoms with van der Waals surface area (Å²) in [4.78, 5) is 4.23. The summed E-state index contributed by atoms with van der Waals surface area (Å²) in [5, 5.41) is 0. The van der Waals surface area contributed by atoms with Gasteiger partial charge in [-0.2, -0.15) is 0 Å². The molecule has 0 aliphatic rings. The molecule has 0 saturated heterocycles. The summed E-state index contributed by atoms with van der Waals surface area (Å²) in [6, 6.07) is 34.0. The third kappa shape index (κ3) is 6.91. The number of rotatable bonds is 10. The van der Waals surface area contributed by atoms with Gasteiger partial charge in [0.25, 0.3) is 0 Å². The fraction of sp³-hybridized carbons (Fsp3) is 0.200. The van der Waals surface area contributed by atoms with E-state index < -0.39 is 0 Å². The fourth-order valence-electron chi connectivity index (χ4n) is 4.52. The largest absolute Gasteiger partial charge is 0.497 e. The molecule has 0 N–H and O–H groups in total. The molecule has 0 amide bonds. The number of hydrogen-bond donors (Lipinski definition) is 0. The highest BCUT2D eigenvalue weighted by molar-refractivity contribution is 5.83. The zero-order valence-corrected chi connectivity index (χ0v) is 23.8. The molecule has 0 heterocycles. The third-order valence-corrected chi connectivity index (χ3v) is 6.84. The molecule has 0 saturated carbocycles. The van der Waals surface area contributed by atoms with Gasteiger partial charge in [0.1, 0.15) is 11.5 Å². The molecule has 0 aromatic heterocycles. The maximum absolute atomic E-state index is 5.40. The molecule has 0 aliphatic heterocycles. The van der Waals surface area contributed by atoms with Gasteiger partial charge in [0.15, 0.2) is 0 Å². The number of anilines is 2. The van der Waals surface area contributed by atoms with Gasteiger partial charge >= 0.3 is 0 Å². The molecule has 0 aliphatic carbocycles. The average Bonchev–Trinajstić information content (AvgIpc) is 2.98. The van der Waals surface area contributed by atoms with Crippen LogP contribution in [0, 0.1) is 0 Å². The Bertz CT molecular complexity index is 1290. The molecule has 0 unspecified atom stereocenters. The van der Waals surface area contributed by atoms with Gasteiger partial charge in [0, 0.05) is 39.6 Å². The van der Waals surface area contributed by atoms with Crippen LogP contribution in [0.5, 0.6) is 11.5 Å².